The third-order valence-corrected chi connectivity index (χ3v) is 7.50. The Morgan fingerprint density at radius 3 is 2.52 bits per heavy atom. The number of fused-ring (bicyclic) bond motifs is 1. The molecule has 0 unspecified atom stereocenters. The maximum Gasteiger partial charge on any atom is 0.260 e. The van der Waals surface area contributed by atoms with E-state index < -0.39 is 9.84 Å². The molecule has 1 aromatic heterocycles. The number of para-hydroxylation sites is 1. The van der Waals surface area contributed by atoms with Crippen LogP contribution in [0.15, 0.2) is 47.4 Å². The van der Waals surface area contributed by atoms with Gasteiger partial charge in [0.25, 0.3) is 5.91 Å². The van der Waals surface area contributed by atoms with E-state index >= 15 is 0 Å². The summed E-state index contributed by atoms with van der Waals surface area (Å²) >= 11 is 1.31. The minimum Gasteiger partial charge on any atom is -0.497 e. The van der Waals surface area contributed by atoms with E-state index in [0.717, 1.165) is 17.8 Å². The third-order valence-electron chi connectivity index (χ3n) is 5.33. The van der Waals surface area contributed by atoms with Crippen LogP contribution < -0.4 is 9.64 Å². The van der Waals surface area contributed by atoms with Crippen molar-refractivity contribution in [2.75, 3.05) is 57.7 Å². The molecule has 4 rings (SSSR count). The maximum absolute atomic E-state index is 13.5. The van der Waals surface area contributed by atoms with Crippen LogP contribution >= 0.6 is 23.7 Å². The molecule has 1 aliphatic rings. The molecule has 3 aromatic rings. The zero-order valence-electron chi connectivity index (χ0n) is 18.4. The minimum absolute atomic E-state index is 0. The van der Waals surface area contributed by atoms with Gasteiger partial charge in [0.15, 0.2) is 15.0 Å². The number of anilines is 1. The Morgan fingerprint density at radius 1 is 1.18 bits per heavy atom. The molecule has 8 nitrogen and oxygen atoms in total. The van der Waals surface area contributed by atoms with Crippen LogP contribution in [0.1, 0.15) is 10.4 Å². The van der Waals surface area contributed by atoms with Crippen molar-refractivity contribution >= 4 is 54.8 Å². The first kappa shape index (κ1) is 25.4. The van der Waals surface area contributed by atoms with Crippen LogP contribution in [0.4, 0.5) is 5.13 Å². The Hall–Kier alpha value is -2.24. The monoisotopic (exact) mass is 511 g/mol. The number of morpholine rings is 1. The Kier molecular flexibility index (Phi) is 8.30. The number of benzene rings is 2. The van der Waals surface area contributed by atoms with E-state index in [0.29, 0.717) is 48.3 Å². The average molecular weight is 512 g/mol. The standard InChI is InChI=1S/C22H25N3O5S2.ClH/c1-29-17-8-6-16(7-9-17)21(26)25(11-10-24-12-14-30-15-13-24)22-23-20-18(31-22)4-3-5-19(20)32(2,27)28;/h3-9H,10-15H2,1-2H3;1H. The number of halogens is 1. The van der Waals surface area contributed by atoms with Crippen molar-refractivity contribution in [2.24, 2.45) is 0 Å². The summed E-state index contributed by atoms with van der Waals surface area (Å²) in [5.74, 6) is 0.472. The van der Waals surface area contributed by atoms with Crippen LogP contribution in [-0.4, -0.2) is 77.0 Å². The fraction of sp³-hybridized carbons (Fsp3) is 0.364. The molecule has 2 heterocycles. The number of carbonyl (C=O) groups excluding carboxylic acids is 1. The quantitative estimate of drug-likeness (QED) is 0.481. The molecular weight excluding hydrogens is 486 g/mol. The highest BCUT2D eigenvalue weighted by molar-refractivity contribution is 7.91. The van der Waals surface area contributed by atoms with Gasteiger partial charge >= 0.3 is 0 Å². The number of carbonyl (C=O) groups is 1. The lowest BCUT2D eigenvalue weighted by Gasteiger charge is -2.29. The molecule has 0 saturated carbocycles. The van der Waals surface area contributed by atoms with Gasteiger partial charge in [-0.3, -0.25) is 14.6 Å². The summed E-state index contributed by atoms with van der Waals surface area (Å²) in [4.78, 5) is 22.1. The second kappa shape index (κ2) is 10.8. The topological polar surface area (TPSA) is 89.0 Å². The highest BCUT2D eigenvalue weighted by atomic mass is 35.5. The average Bonchev–Trinajstić information content (AvgIpc) is 3.23. The molecule has 1 fully saturated rings. The summed E-state index contributed by atoms with van der Waals surface area (Å²) in [5.41, 5.74) is 0.907. The van der Waals surface area contributed by atoms with E-state index in [-0.39, 0.29) is 23.2 Å². The summed E-state index contributed by atoms with van der Waals surface area (Å²) in [6.45, 7) is 4.06. The van der Waals surface area contributed by atoms with Gasteiger partial charge in [-0.15, -0.1) is 12.4 Å². The predicted molar refractivity (Wildman–Crippen MR) is 132 cm³/mol. The van der Waals surface area contributed by atoms with E-state index in [9.17, 15) is 13.2 Å². The first-order chi connectivity index (χ1) is 15.4. The Balaban J connectivity index is 0.00000306. The molecule has 0 atom stereocenters. The van der Waals surface area contributed by atoms with E-state index in [1.165, 1.54) is 17.6 Å². The lowest BCUT2D eigenvalue weighted by atomic mass is 10.2. The van der Waals surface area contributed by atoms with Crippen molar-refractivity contribution < 1.29 is 22.7 Å². The zero-order valence-corrected chi connectivity index (χ0v) is 20.8. The van der Waals surface area contributed by atoms with Gasteiger partial charge < -0.3 is 9.47 Å². The predicted octanol–water partition coefficient (Wildman–Crippen LogP) is 3.11. The van der Waals surface area contributed by atoms with Gasteiger partial charge in [-0.05, 0) is 36.4 Å². The molecule has 1 saturated heterocycles. The summed E-state index contributed by atoms with van der Waals surface area (Å²) in [6, 6.07) is 12.0. The van der Waals surface area contributed by atoms with Crippen LogP contribution in [0.5, 0.6) is 5.75 Å². The SMILES string of the molecule is COc1ccc(C(=O)N(CCN2CCOCC2)c2nc3c(S(C)(=O)=O)cccc3s2)cc1.Cl. The number of sulfone groups is 1. The number of amides is 1. The Bertz CT molecular complexity index is 1210. The molecule has 178 valence electrons. The fourth-order valence-corrected chi connectivity index (χ4v) is 5.48. The van der Waals surface area contributed by atoms with Gasteiger partial charge in [0.1, 0.15) is 11.3 Å². The van der Waals surface area contributed by atoms with E-state index in [2.05, 4.69) is 9.88 Å². The largest absolute Gasteiger partial charge is 0.497 e. The number of ether oxygens (including phenoxy) is 2. The smallest absolute Gasteiger partial charge is 0.260 e. The molecule has 33 heavy (non-hydrogen) atoms. The third kappa shape index (κ3) is 5.82. The van der Waals surface area contributed by atoms with Crippen molar-refractivity contribution in [1.82, 2.24) is 9.88 Å². The van der Waals surface area contributed by atoms with Crippen molar-refractivity contribution in [1.29, 1.82) is 0 Å². The highest BCUT2D eigenvalue weighted by Gasteiger charge is 2.24. The fourth-order valence-electron chi connectivity index (χ4n) is 3.57. The lowest BCUT2D eigenvalue weighted by molar-refractivity contribution is 0.0391. The summed E-state index contributed by atoms with van der Waals surface area (Å²) in [6.07, 6.45) is 1.17. The van der Waals surface area contributed by atoms with Crippen molar-refractivity contribution in [3.8, 4) is 5.75 Å². The molecule has 0 N–H and O–H groups in total. The second-order valence-electron chi connectivity index (χ2n) is 7.51. The number of methoxy groups -OCH3 is 1. The number of hydrogen-bond donors (Lipinski definition) is 0. The number of aromatic nitrogens is 1. The normalized spacial score (nSPS) is 14.6. The first-order valence-corrected chi connectivity index (χ1v) is 12.9. The van der Waals surface area contributed by atoms with Crippen LogP contribution in [0.25, 0.3) is 10.2 Å². The maximum atomic E-state index is 13.5. The molecule has 0 aliphatic carbocycles. The van der Waals surface area contributed by atoms with Crippen molar-refractivity contribution in [2.45, 2.75) is 4.90 Å². The lowest BCUT2D eigenvalue weighted by Crippen LogP contribution is -2.43. The summed E-state index contributed by atoms with van der Waals surface area (Å²) in [5, 5.41) is 0.477. The Morgan fingerprint density at radius 2 is 1.88 bits per heavy atom. The van der Waals surface area contributed by atoms with Gasteiger partial charge in [0.05, 0.1) is 29.9 Å². The van der Waals surface area contributed by atoms with Crippen LogP contribution in [0, 0.1) is 0 Å². The Labute approximate surface area is 203 Å². The summed E-state index contributed by atoms with van der Waals surface area (Å²) < 4.78 is 35.8. The zero-order chi connectivity index (χ0) is 22.7. The molecule has 11 heteroatoms. The number of hydrogen-bond acceptors (Lipinski definition) is 8. The van der Waals surface area contributed by atoms with Gasteiger partial charge in [0.2, 0.25) is 0 Å². The van der Waals surface area contributed by atoms with Crippen LogP contribution in [0.3, 0.4) is 0 Å². The molecule has 0 spiro atoms. The van der Waals surface area contributed by atoms with E-state index in [1.54, 1.807) is 48.4 Å². The number of nitrogens with zero attached hydrogens (tertiary/aromatic N) is 3. The van der Waals surface area contributed by atoms with Gasteiger partial charge in [0, 0.05) is 38.0 Å². The van der Waals surface area contributed by atoms with Gasteiger partial charge in [-0.1, -0.05) is 17.4 Å². The van der Waals surface area contributed by atoms with E-state index in [1.807, 2.05) is 6.07 Å². The molecule has 2 aromatic carbocycles. The first-order valence-electron chi connectivity index (χ1n) is 10.2. The summed E-state index contributed by atoms with van der Waals surface area (Å²) in [7, 11) is -1.87. The molecular formula is C22H26ClN3O5S2. The minimum atomic E-state index is -3.45. The van der Waals surface area contributed by atoms with Gasteiger partial charge in [-0.25, -0.2) is 13.4 Å². The molecule has 1 aliphatic heterocycles. The van der Waals surface area contributed by atoms with Crippen molar-refractivity contribution in [3.05, 3.63) is 48.0 Å². The molecule has 0 bridgehead atoms. The number of rotatable bonds is 7. The molecule has 0 radical (unpaired) electrons. The number of thiazole rings is 1. The van der Waals surface area contributed by atoms with Crippen molar-refractivity contribution in [3.63, 3.8) is 0 Å². The highest BCUT2D eigenvalue weighted by Crippen LogP contribution is 2.33. The van der Waals surface area contributed by atoms with Crippen LogP contribution in [-0.2, 0) is 14.6 Å². The van der Waals surface area contributed by atoms with Gasteiger partial charge in [-0.2, -0.15) is 0 Å². The second-order valence-corrected chi connectivity index (χ2v) is 10.5. The van der Waals surface area contributed by atoms with Crippen LogP contribution in [0.2, 0.25) is 0 Å². The molecule has 1 amide bonds. The van der Waals surface area contributed by atoms with E-state index in [4.69, 9.17) is 9.47 Å².